The maximum Gasteiger partial charge on any atom is 0.224 e. The number of carbonyl (C=O) groups is 1. The summed E-state index contributed by atoms with van der Waals surface area (Å²) in [5.41, 5.74) is 2.05. The van der Waals surface area contributed by atoms with Gasteiger partial charge in [-0.05, 0) is 55.0 Å². The SMILES string of the molecule is CCCOc1ccc(C(C)NC(=O)C2CC2c2ccccc2Cl)cc1OC. The molecule has 0 aliphatic heterocycles. The molecule has 3 atom stereocenters. The van der Waals surface area contributed by atoms with Gasteiger partial charge in [0.05, 0.1) is 19.8 Å². The van der Waals surface area contributed by atoms with E-state index in [4.69, 9.17) is 21.1 Å². The van der Waals surface area contributed by atoms with E-state index in [1.165, 1.54) is 0 Å². The van der Waals surface area contributed by atoms with E-state index < -0.39 is 0 Å². The van der Waals surface area contributed by atoms with Gasteiger partial charge >= 0.3 is 0 Å². The van der Waals surface area contributed by atoms with E-state index in [9.17, 15) is 4.79 Å². The van der Waals surface area contributed by atoms with Gasteiger partial charge in [0.25, 0.3) is 0 Å². The summed E-state index contributed by atoms with van der Waals surface area (Å²) in [5, 5.41) is 3.85. The van der Waals surface area contributed by atoms with Crippen LogP contribution in [0.4, 0.5) is 0 Å². The van der Waals surface area contributed by atoms with Crippen molar-refractivity contribution < 1.29 is 14.3 Å². The molecule has 0 spiro atoms. The van der Waals surface area contributed by atoms with Crippen molar-refractivity contribution in [2.75, 3.05) is 13.7 Å². The van der Waals surface area contributed by atoms with Gasteiger partial charge in [-0.3, -0.25) is 4.79 Å². The molecule has 3 rings (SSSR count). The first kappa shape index (κ1) is 19.6. The van der Waals surface area contributed by atoms with Gasteiger partial charge in [0, 0.05) is 10.9 Å². The first-order chi connectivity index (χ1) is 13.0. The summed E-state index contributed by atoms with van der Waals surface area (Å²) in [6, 6.07) is 13.4. The number of hydrogen-bond acceptors (Lipinski definition) is 3. The van der Waals surface area contributed by atoms with E-state index >= 15 is 0 Å². The number of ether oxygens (including phenoxy) is 2. The molecule has 1 aliphatic carbocycles. The maximum absolute atomic E-state index is 12.6. The summed E-state index contributed by atoms with van der Waals surface area (Å²) >= 11 is 6.26. The van der Waals surface area contributed by atoms with Crippen LogP contribution in [0, 0.1) is 5.92 Å². The third kappa shape index (κ3) is 4.56. The summed E-state index contributed by atoms with van der Waals surface area (Å²) in [4.78, 5) is 12.6. The standard InChI is InChI=1S/C22H26ClNO3/c1-4-11-27-20-10-9-15(12-21(20)26-3)14(2)24-22(25)18-13-17(18)16-7-5-6-8-19(16)23/h5-10,12,14,17-18H,4,11,13H2,1-3H3,(H,24,25). The van der Waals surface area contributed by atoms with Gasteiger partial charge in [-0.2, -0.15) is 0 Å². The second-order valence-corrected chi connectivity index (χ2v) is 7.37. The van der Waals surface area contributed by atoms with Gasteiger partial charge in [-0.15, -0.1) is 0 Å². The lowest BCUT2D eigenvalue weighted by Crippen LogP contribution is -2.28. The zero-order valence-corrected chi connectivity index (χ0v) is 16.8. The Bertz CT molecular complexity index is 808. The van der Waals surface area contributed by atoms with Gasteiger partial charge in [-0.1, -0.05) is 42.8 Å². The van der Waals surface area contributed by atoms with Crippen LogP contribution in [0.25, 0.3) is 0 Å². The van der Waals surface area contributed by atoms with E-state index in [0.717, 1.165) is 34.7 Å². The Morgan fingerprint density at radius 3 is 2.74 bits per heavy atom. The fourth-order valence-corrected chi connectivity index (χ4v) is 3.57. The Balaban J connectivity index is 1.63. The van der Waals surface area contributed by atoms with Crippen LogP contribution in [-0.4, -0.2) is 19.6 Å². The summed E-state index contributed by atoms with van der Waals surface area (Å²) in [6.07, 6.45) is 1.78. The van der Waals surface area contributed by atoms with Gasteiger partial charge in [0.2, 0.25) is 5.91 Å². The number of nitrogens with one attached hydrogen (secondary N) is 1. The average Bonchev–Trinajstić information content (AvgIpc) is 3.47. The lowest BCUT2D eigenvalue weighted by atomic mass is 10.1. The molecule has 2 aromatic carbocycles. The van der Waals surface area contributed by atoms with Crippen molar-refractivity contribution >= 4 is 17.5 Å². The molecule has 3 unspecified atom stereocenters. The van der Waals surface area contributed by atoms with Gasteiger partial charge in [0.15, 0.2) is 11.5 Å². The fourth-order valence-electron chi connectivity index (χ4n) is 3.29. The second-order valence-electron chi connectivity index (χ2n) is 6.96. The lowest BCUT2D eigenvalue weighted by Gasteiger charge is -2.17. The van der Waals surface area contributed by atoms with E-state index in [2.05, 4.69) is 12.2 Å². The predicted octanol–water partition coefficient (Wildman–Crippen LogP) is 5.12. The molecule has 0 aromatic heterocycles. The molecule has 0 saturated heterocycles. The number of hydrogen-bond donors (Lipinski definition) is 1. The zero-order chi connectivity index (χ0) is 19.4. The molecule has 0 bridgehead atoms. The van der Waals surface area contributed by atoms with Crippen molar-refractivity contribution in [3.05, 3.63) is 58.6 Å². The maximum atomic E-state index is 12.6. The Labute approximate surface area is 165 Å². The Kier molecular flexibility index (Phi) is 6.27. The van der Waals surface area contributed by atoms with Crippen molar-refractivity contribution in [1.82, 2.24) is 5.32 Å². The quantitative estimate of drug-likeness (QED) is 0.684. The zero-order valence-electron chi connectivity index (χ0n) is 16.0. The van der Waals surface area contributed by atoms with Gasteiger partial charge < -0.3 is 14.8 Å². The monoisotopic (exact) mass is 387 g/mol. The topological polar surface area (TPSA) is 47.6 Å². The molecule has 4 nitrogen and oxygen atoms in total. The van der Waals surface area contributed by atoms with Crippen LogP contribution >= 0.6 is 11.6 Å². The van der Waals surface area contributed by atoms with Crippen molar-refractivity contribution in [2.45, 2.75) is 38.6 Å². The van der Waals surface area contributed by atoms with Crippen LogP contribution in [0.3, 0.4) is 0 Å². The average molecular weight is 388 g/mol. The molecule has 1 aliphatic rings. The van der Waals surface area contributed by atoms with E-state index in [-0.39, 0.29) is 23.8 Å². The molecule has 1 N–H and O–H groups in total. The molecular weight excluding hydrogens is 362 g/mol. The number of carbonyl (C=O) groups excluding carboxylic acids is 1. The second kappa shape index (κ2) is 8.66. The molecule has 27 heavy (non-hydrogen) atoms. The minimum absolute atomic E-state index is 0.0126. The Morgan fingerprint density at radius 2 is 2.04 bits per heavy atom. The van der Waals surface area contributed by atoms with E-state index in [1.807, 2.05) is 49.4 Å². The highest BCUT2D eigenvalue weighted by atomic mass is 35.5. The first-order valence-corrected chi connectivity index (χ1v) is 9.78. The van der Waals surface area contributed by atoms with Crippen LogP contribution in [0.15, 0.2) is 42.5 Å². The summed E-state index contributed by atoms with van der Waals surface area (Å²) in [5.74, 6) is 1.68. The molecule has 1 saturated carbocycles. The number of benzene rings is 2. The van der Waals surface area contributed by atoms with E-state index in [1.54, 1.807) is 7.11 Å². The molecule has 0 heterocycles. The van der Waals surface area contributed by atoms with Gasteiger partial charge in [0.1, 0.15) is 0 Å². The normalized spacial score (nSPS) is 19.3. The van der Waals surface area contributed by atoms with Crippen LogP contribution in [0.2, 0.25) is 5.02 Å². The molecule has 1 amide bonds. The molecular formula is C22H26ClNO3. The lowest BCUT2D eigenvalue weighted by molar-refractivity contribution is -0.123. The molecule has 144 valence electrons. The molecule has 0 radical (unpaired) electrons. The molecule has 5 heteroatoms. The number of rotatable bonds is 8. The molecule has 2 aromatic rings. The van der Waals surface area contributed by atoms with Gasteiger partial charge in [-0.25, -0.2) is 0 Å². The predicted molar refractivity (Wildman–Crippen MR) is 108 cm³/mol. The summed E-state index contributed by atoms with van der Waals surface area (Å²) in [6.45, 7) is 4.69. The number of methoxy groups -OCH3 is 1. The smallest absolute Gasteiger partial charge is 0.224 e. The summed E-state index contributed by atoms with van der Waals surface area (Å²) < 4.78 is 11.1. The first-order valence-electron chi connectivity index (χ1n) is 9.40. The van der Waals surface area contributed by atoms with Crippen molar-refractivity contribution in [1.29, 1.82) is 0 Å². The van der Waals surface area contributed by atoms with Crippen LogP contribution in [-0.2, 0) is 4.79 Å². The van der Waals surface area contributed by atoms with E-state index in [0.29, 0.717) is 12.4 Å². The highest BCUT2D eigenvalue weighted by Crippen LogP contribution is 2.49. The van der Waals surface area contributed by atoms with Crippen molar-refractivity contribution in [3.63, 3.8) is 0 Å². The van der Waals surface area contributed by atoms with Crippen molar-refractivity contribution in [2.24, 2.45) is 5.92 Å². The minimum atomic E-state index is -0.112. The van der Waals surface area contributed by atoms with Crippen LogP contribution in [0.1, 0.15) is 49.8 Å². The highest BCUT2D eigenvalue weighted by Gasteiger charge is 2.45. The van der Waals surface area contributed by atoms with Crippen LogP contribution in [0.5, 0.6) is 11.5 Å². The third-order valence-electron chi connectivity index (χ3n) is 4.94. The Morgan fingerprint density at radius 1 is 1.26 bits per heavy atom. The minimum Gasteiger partial charge on any atom is -0.493 e. The largest absolute Gasteiger partial charge is 0.493 e. The summed E-state index contributed by atoms with van der Waals surface area (Å²) in [7, 11) is 1.62. The Hall–Kier alpha value is -2.20. The fraction of sp³-hybridized carbons (Fsp3) is 0.409. The highest BCUT2D eigenvalue weighted by molar-refractivity contribution is 6.31. The number of amides is 1. The third-order valence-corrected chi connectivity index (χ3v) is 5.28. The van der Waals surface area contributed by atoms with Crippen molar-refractivity contribution in [3.8, 4) is 11.5 Å². The van der Waals surface area contributed by atoms with Crippen LogP contribution < -0.4 is 14.8 Å². The number of halogens is 1. The molecule has 1 fully saturated rings.